The summed E-state index contributed by atoms with van der Waals surface area (Å²) in [7, 11) is 0. The number of fused-ring (bicyclic) bond motifs is 1. The fourth-order valence-corrected chi connectivity index (χ4v) is 4.59. The lowest BCUT2D eigenvalue weighted by Gasteiger charge is -2.46. The standard InChI is InChI=1S/C21H27N5O2/c27-21(17-13-25(14-17)18-6-10-28-11-7-18)24-8-9-26-19(22-23-20(26)15-24)12-16-4-2-1-3-5-16/h1-5,17-18H,6-15H2. The summed E-state index contributed by atoms with van der Waals surface area (Å²) in [5.41, 5.74) is 1.24. The second-order valence-electron chi connectivity index (χ2n) is 8.10. The Labute approximate surface area is 165 Å². The summed E-state index contributed by atoms with van der Waals surface area (Å²) in [5.74, 6) is 2.32. The Hall–Kier alpha value is -2.25. The first-order chi connectivity index (χ1) is 13.8. The van der Waals surface area contributed by atoms with Gasteiger partial charge in [-0.1, -0.05) is 30.3 Å². The maximum absolute atomic E-state index is 12.9. The highest BCUT2D eigenvalue weighted by molar-refractivity contribution is 5.80. The molecular weight excluding hydrogens is 354 g/mol. The van der Waals surface area contributed by atoms with Gasteiger partial charge in [-0.15, -0.1) is 10.2 Å². The summed E-state index contributed by atoms with van der Waals surface area (Å²) in [5, 5.41) is 8.77. The number of hydrogen-bond donors (Lipinski definition) is 0. The monoisotopic (exact) mass is 381 g/mol. The molecule has 1 amide bonds. The molecule has 0 aliphatic carbocycles. The summed E-state index contributed by atoms with van der Waals surface area (Å²) in [6.07, 6.45) is 2.97. The molecular formula is C21H27N5O2. The molecule has 0 saturated carbocycles. The lowest BCUT2D eigenvalue weighted by molar-refractivity contribution is -0.144. The van der Waals surface area contributed by atoms with Gasteiger partial charge in [-0.05, 0) is 18.4 Å². The van der Waals surface area contributed by atoms with Crippen molar-refractivity contribution in [3.63, 3.8) is 0 Å². The average Bonchev–Trinajstić information content (AvgIpc) is 3.10. The molecule has 1 aromatic heterocycles. The average molecular weight is 381 g/mol. The molecule has 0 atom stereocenters. The quantitative estimate of drug-likeness (QED) is 0.799. The number of amides is 1. The number of hydrogen-bond acceptors (Lipinski definition) is 5. The number of aromatic nitrogens is 3. The first kappa shape index (κ1) is 17.8. The van der Waals surface area contributed by atoms with Crippen LogP contribution >= 0.6 is 0 Å². The van der Waals surface area contributed by atoms with Crippen molar-refractivity contribution < 1.29 is 9.53 Å². The van der Waals surface area contributed by atoms with Crippen LogP contribution in [0.3, 0.4) is 0 Å². The van der Waals surface area contributed by atoms with E-state index in [1.165, 1.54) is 5.56 Å². The van der Waals surface area contributed by atoms with Crippen LogP contribution in [0.25, 0.3) is 0 Å². The highest BCUT2D eigenvalue weighted by atomic mass is 16.5. The Morgan fingerprint density at radius 2 is 1.86 bits per heavy atom. The zero-order valence-electron chi connectivity index (χ0n) is 16.2. The van der Waals surface area contributed by atoms with Crippen molar-refractivity contribution in [3.05, 3.63) is 47.5 Å². The number of nitrogens with zero attached hydrogens (tertiary/aromatic N) is 5. The van der Waals surface area contributed by atoms with E-state index in [4.69, 9.17) is 4.74 Å². The van der Waals surface area contributed by atoms with Crippen LogP contribution in [0.15, 0.2) is 30.3 Å². The molecule has 0 bridgehead atoms. The van der Waals surface area contributed by atoms with Gasteiger partial charge in [0, 0.05) is 51.9 Å². The third-order valence-electron chi connectivity index (χ3n) is 6.31. The molecule has 3 aliphatic heterocycles. The van der Waals surface area contributed by atoms with Crippen molar-refractivity contribution >= 4 is 5.91 Å². The van der Waals surface area contributed by atoms with E-state index in [1.54, 1.807) is 0 Å². The molecule has 2 fully saturated rings. The van der Waals surface area contributed by atoms with Gasteiger partial charge in [-0.3, -0.25) is 9.69 Å². The van der Waals surface area contributed by atoms with E-state index in [1.807, 2.05) is 23.1 Å². The Kier molecular flexibility index (Phi) is 4.86. The van der Waals surface area contributed by atoms with Crippen LogP contribution in [0.5, 0.6) is 0 Å². The minimum absolute atomic E-state index is 0.140. The normalized spacial score (nSPS) is 21.4. The predicted molar refractivity (Wildman–Crippen MR) is 104 cm³/mol. The van der Waals surface area contributed by atoms with Gasteiger partial charge in [0.2, 0.25) is 5.91 Å². The lowest BCUT2D eigenvalue weighted by atomic mass is 9.93. The molecule has 3 aliphatic rings. The molecule has 148 valence electrons. The highest BCUT2D eigenvalue weighted by Gasteiger charge is 2.40. The van der Waals surface area contributed by atoms with Gasteiger partial charge < -0.3 is 14.2 Å². The van der Waals surface area contributed by atoms with E-state index in [-0.39, 0.29) is 11.8 Å². The van der Waals surface area contributed by atoms with Gasteiger partial charge in [-0.2, -0.15) is 0 Å². The van der Waals surface area contributed by atoms with Crippen molar-refractivity contribution in [1.82, 2.24) is 24.6 Å². The molecule has 28 heavy (non-hydrogen) atoms. The van der Waals surface area contributed by atoms with Gasteiger partial charge in [0.1, 0.15) is 5.82 Å². The summed E-state index contributed by atoms with van der Waals surface area (Å²) in [6.45, 7) is 5.61. The number of carbonyl (C=O) groups is 1. The molecule has 0 spiro atoms. The van der Waals surface area contributed by atoms with Crippen LogP contribution in [0.4, 0.5) is 0 Å². The maximum atomic E-state index is 12.9. The smallest absolute Gasteiger partial charge is 0.228 e. The van der Waals surface area contributed by atoms with Crippen molar-refractivity contribution in [2.75, 3.05) is 32.8 Å². The van der Waals surface area contributed by atoms with Crippen molar-refractivity contribution in [1.29, 1.82) is 0 Å². The number of rotatable bonds is 4. The molecule has 0 N–H and O–H groups in total. The summed E-state index contributed by atoms with van der Waals surface area (Å²) in [4.78, 5) is 17.4. The molecule has 5 rings (SSSR count). The summed E-state index contributed by atoms with van der Waals surface area (Å²) >= 11 is 0. The molecule has 7 heteroatoms. The fourth-order valence-electron chi connectivity index (χ4n) is 4.59. The van der Waals surface area contributed by atoms with Crippen LogP contribution in [-0.2, 0) is 29.0 Å². The number of ether oxygens (including phenoxy) is 1. The molecule has 4 heterocycles. The zero-order chi connectivity index (χ0) is 18.9. The van der Waals surface area contributed by atoms with Crippen LogP contribution in [-0.4, -0.2) is 69.4 Å². The van der Waals surface area contributed by atoms with Crippen LogP contribution < -0.4 is 0 Å². The van der Waals surface area contributed by atoms with Crippen molar-refractivity contribution in [2.24, 2.45) is 5.92 Å². The number of benzene rings is 1. The minimum Gasteiger partial charge on any atom is -0.381 e. The lowest BCUT2D eigenvalue weighted by Crippen LogP contribution is -2.59. The second-order valence-corrected chi connectivity index (χ2v) is 8.10. The molecule has 2 saturated heterocycles. The largest absolute Gasteiger partial charge is 0.381 e. The van der Waals surface area contributed by atoms with Crippen LogP contribution in [0, 0.1) is 5.92 Å². The Morgan fingerprint density at radius 1 is 1.07 bits per heavy atom. The van der Waals surface area contributed by atoms with Crippen LogP contribution in [0.2, 0.25) is 0 Å². The Morgan fingerprint density at radius 3 is 2.64 bits per heavy atom. The molecule has 1 aromatic carbocycles. The molecule has 0 radical (unpaired) electrons. The number of likely N-dealkylation sites (tertiary alicyclic amines) is 1. The topological polar surface area (TPSA) is 63.5 Å². The van der Waals surface area contributed by atoms with E-state index in [0.29, 0.717) is 12.6 Å². The summed E-state index contributed by atoms with van der Waals surface area (Å²) < 4.78 is 7.63. The Balaban J connectivity index is 1.18. The third kappa shape index (κ3) is 3.44. The van der Waals surface area contributed by atoms with E-state index in [0.717, 1.165) is 70.3 Å². The van der Waals surface area contributed by atoms with Gasteiger partial charge in [0.05, 0.1) is 12.5 Å². The highest BCUT2D eigenvalue weighted by Crippen LogP contribution is 2.27. The van der Waals surface area contributed by atoms with Gasteiger partial charge >= 0.3 is 0 Å². The van der Waals surface area contributed by atoms with Crippen molar-refractivity contribution in [2.45, 2.75) is 38.4 Å². The molecule has 2 aromatic rings. The van der Waals surface area contributed by atoms with Gasteiger partial charge in [0.25, 0.3) is 0 Å². The SMILES string of the molecule is O=C(C1CN(C2CCOCC2)C1)N1CCn2c(Cc3ccccc3)nnc2C1. The molecule has 0 unspecified atom stereocenters. The predicted octanol–water partition coefficient (Wildman–Crippen LogP) is 1.32. The zero-order valence-corrected chi connectivity index (χ0v) is 16.2. The minimum atomic E-state index is 0.140. The van der Waals surface area contributed by atoms with Crippen molar-refractivity contribution in [3.8, 4) is 0 Å². The van der Waals surface area contributed by atoms with E-state index in [2.05, 4.69) is 31.8 Å². The Bertz CT molecular complexity index is 825. The maximum Gasteiger partial charge on any atom is 0.228 e. The third-order valence-corrected chi connectivity index (χ3v) is 6.31. The summed E-state index contributed by atoms with van der Waals surface area (Å²) in [6, 6.07) is 10.9. The van der Waals surface area contributed by atoms with Crippen LogP contribution in [0.1, 0.15) is 30.1 Å². The first-order valence-corrected chi connectivity index (χ1v) is 10.3. The van der Waals surface area contributed by atoms with E-state index in [9.17, 15) is 4.79 Å². The first-order valence-electron chi connectivity index (χ1n) is 10.3. The van der Waals surface area contributed by atoms with Gasteiger partial charge in [-0.25, -0.2) is 0 Å². The van der Waals surface area contributed by atoms with E-state index >= 15 is 0 Å². The van der Waals surface area contributed by atoms with Gasteiger partial charge in [0.15, 0.2) is 5.82 Å². The second kappa shape index (κ2) is 7.64. The molecule has 7 nitrogen and oxygen atoms in total. The fraction of sp³-hybridized carbons (Fsp3) is 0.571. The van der Waals surface area contributed by atoms with E-state index < -0.39 is 0 Å². The number of carbonyl (C=O) groups excluding carboxylic acids is 1.